The van der Waals surface area contributed by atoms with Crippen LogP contribution >= 0.6 is 15.9 Å². The van der Waals surface area contributed by atoms with E-state index in [1.807, 2.05) is 0 Å². The first-order valence-corrected chi connectivity index (χ1v) is 6.56. The summed E-state index contributed by atoms with van der Waals surface area (Å²) in [5, 5.41) is 3.47. The Labute approximate surface area is 100 Å². The first-order valence-electron chi connectivity index (χ1n) is 5.77. The van der Waals surface area contributed by atoms with Crippen molar-refractivity contribution in [3.05, 3.63) is 34.3 Å². The maximum Gasteiger partial charge on any atom is 0.0178 e. The molecule has 82 valence electrons. The van der Waals surface area contributed by atoms with Gasteiger partial charge in [0.25, 0.3) is 0 Å². The minimum atomic E-state index is 0.711. The zero-order chi connectivity index (χ0) is 10.7. The van der Waals surface area contributed by atoms with Gasteiger partial charge >= 0.3 is 0 Å². The summed E-state index contributed by atoms with van der Waals surface area (Å²) in [6.07, 6.45) is 2.81. The molecule has 1 aliphatic rings. The number of nitrogens with one attached hydrogen (secondary N) is 1. The standard InChI is InChI=1S/C13H18BrN/c1-2-15-9-13(10-6-7-10)11-4-3-5-12(14)8-11/h3-5,8,10,13,15H,2,6-7,9H2,1H3. The van der Waals surface area contributed by atoms with Crippen LogP contribution in [-0.4, -0.2) is 13.1 Å². The summed E-state index contributed by atoms with van der Waals surface area (Å²) in [5.41, 5.74) is 1.48. The van der Waals surface area contributed by atoms with E-state index in [1.165, 1.54) is 22.9 Å². The lowest BCUT2D eigenvalue weighted by atomic mass is 9.94. The van der Waals surface area contributed by atoms with Crippen molar-refractivity contribution in [1.82, 2.24) is 5.32 Å². The molecule has 1 N–H and O–H groups in total. The van der Waals surface area contributed by atoms with Gasteiger partial charge < -0.3 is 5.32 Å². The third-order valence-corrected chi connectivity index (χ3v) is 3.58. The lowest BCUT2D eigenvalue weighted by Gasteiger charge is -2.17. The largest absolute Gasteiger partial charge is 0.316 e. The minimum absolute atomic E-state index is 0.711. The van der Waals surface area contributed by atoms with Crippen LogP contribution in [0.5, 0.6) is 0 Å². The van der Waals surface area contributed by atoms with E-state index in [0.29, 0.717) is 5.92 Å². The van der Waals surface area contributed by atoms with Crippen LogP contribution in [0, 0.1) is 5.92 Å². The lowest BCUT2D eigenvalue weighted by Crippen LogP contribution is -2.22. The Morgan fingerprint density at radius 2 is 2.27 bits per heavy atom. The van der Waals surface area contributed by atoms with Crippen LogP contribution in [0.2, 0.25) is 0 Å². The highest BCUT2D eigenvalue weighted by atomic mass is 79.9. The Balaban J connectivity index is 2.09. The van der Waals surface area contributed by atoms with Crippen molar-refractivity contribution in [3.8, 4) is 0 Å². The molecule has 0 heterocycles. The molecule has 0 aliphatic heterocycles. The van der Waals surface area contributed by atoms with Gasteiger partial charge in [0.1, 0.15) is 0 Å². The molecule has 0 radical (unpaired) electrons. The monoisotopic (exact) mass is 267 g/mol. The number of halogens is 1. The molecule has 0 amide bonds. The van der Waals surface area contributed by atoms with Gasteiger partial charge in [-0.05, 0) is 48.9 Å². The SMILES string of the molecule is CCNCC(c1cccc(Br)c1)C1CC1. The van der Waals surface area contributed by atoms with Crippen LogP contribution in [0.3, 0.4) is 0 Å². The van der Waals surface area contributed by atoms with Gasteiger partial charge in [0, 0.05) is 11.0 Å². The highest BCUT2D eigenvalue weighted by molar-refractivity contribution is 9.10. The number of hydrogen-bond donors (Lipinski definition) is 1. The van der Waals surface area contributed by atoms with Crippen LogP contribution in [0.15, 0.2) is 28.7 Å². The number of benzene rings is 1. The van der Waals surface area contributed by atoms with E-state index in [9.17, 15) is 0 Å². The van der Waals surface area contributed by atoms with Crippen molar-refractivity contribution in [3.63, 3.8) is 0 Å². The van der Waals surface area contributed by atoms with E-state index in [-0.39, 0.29) is 0 Å². The van der Waals surface area contributed by atoms with Crippen molar-refractivity contribution in [2.45, 2.75) is 25.7 Å². The first-order chi connectivity index (χ1) is 7.31. The van der Waals surface area contributed by atoms with Gasteiger partial charge in [-0.25, -0.2) is 0 Å². The minimum Gasteiger partial charge on any atom is -0.316 e. The fourth-order valence-corrected chi connectivity index (χ4v) is 2.51. The Hall–Kier alpha value is -0.340. The molecule has 1 aromatic rings. The molecule has 1 fully saturated rings. The molecule has 0 aromatic heterocycles. The van der Waals surface area contributed by atoms with E-state index in [4.69, 9.17) is 0 Å². The van der Waals surface area contributed by atoms with Gasteiger partial charge in [0.15, 0.2) is 0 Å². The Kier molecular flexibility index (Phi) is 3.81. The fraction of sp³-hybridized carbons (Fsp3) is 0.538. The van der Waals surface area contributed by atoms with E-state index in [1.54, 1.807) is 0 Å². The van der Waals surface area contributed by atoms with Crippen molar-refractivity contribution >= 4 is 15.9 Å². The summed E-state index contributed by atoms with van der Waals surface area (Å²) in [4.78, 5) is 0. The smallest absolute Gasteiger partial charge is 0.0178 e. The van der Waals surface area contributed by atoms with Crippen molar-refractivity contribution < 1.29 is 0 Å². The molecule has 1 saturated carbocycles. The first kappa shape index (κ1) is 11.2. The quantitative estimate of drug-likeness (QED) is 0.861. The third kappa shape index (κ3) is 3.05. The van der Waals surface area contributed by atoms with Crippen molar-refractivity contribution in [2.24, 2.45) is 5.92 Å². The zero-order valence-electron chi connectivity index (χ0n) is 9.17. The number of hydrogen-bond acceptors (Lipinski definition) is 1. The van der Waals surface area contributed by atoms with Crippen LogP contribution < -0.4 is 5.32 Å². The van der Waals surface area contributed by atoms with E-state index < -0.39 is 0 Å². The van der Waals surface area contributed by atoms with Gasteiger partial charge in [0.2, 0.25) is 0 Å². The van der Waals surface area contributed by atoms with Gasteiger partial charge in [-0.2, -0.15) is 0 Å². The molecule has 1 atom stereocenters. The lowest BCUT2D eigenvalue weighted by molar-refractivity contribution is 0.545. The predicted molar refractivity (Wildman–Crippen MR) is 68.2 cm³/mol. The fourth-order valence-electron chi connectivity index (χ4n) is 2.09. The summed E-state index contributed by atoms with van der Waals surface area (Å²) >= 11 is 3.55. The second kappa shape index (κ2) is 5.13. The van der Waals surface area contributed by atoms with E-state index in [0.717, 1.165) is 19.0 Å². The molecule has 0 bridgehead atoms. The molecule has 1 unspecified atom stereocenters. The van der Waals surface area contributed by atoms with E-state index >= 15 is 0 Å². The summed E-state index contributed by atoms with van der Waals surface area (Å²) in [6, 6.07) is 8.76. The second-order valence-electron chi connectivity index (χ2n) is 4.31. The summed E-state index contributed by atoms with van der Waals surface area (Å²) in [6.45, 7) is 4.36. The molecule has 0 spiro atoms. The highest BCUT2D eigenvalue weighted by Crippen LogP contribution is 2.42. The Morgan fingerprint density at radius 3 is 2.87 bits per heavy atom. The molecule has 1 aliphatic carbocycles. The van der Waals surface area contributed by atoms with Gasteiger partial charge in [-0.1, -0.05) is 35.0 Å². The van der Waals surface area contributed by atoms with Gasteiger partial charge in [-0.3, -0.25) is 0 Å². The molecule has 2 rings (SSSR count). The molecule has 2 heteroatoms. The normalized spacial score (nSPS) is 17.7. The van der Waals surface area contributed by atoms with Crippen LogP contribution in [0.25, 0.3) is 0 Å². The maximum atomic E-state index is 3.55. The summed E-state index contributed by atoms with van der Waals surface area (Å²) in [7, 11) is 0. The third-order valence-electron chi connectivity index (χ3n) is 3.08. The highest BCUT2D eigenvalue weighted by Gasteiger charge is 2.31. The Morgan fingerprint density at radius 1 is 1.47 bits per heavy atom. The number of rotatable bonds is 5. The Bertz CT molecular complexity index is 320. The van der Waals surface area contributed by atoms with Crippen LogP contribution in [-0.2, 0) is 0 Å². The molecular weight excluding hydrogens is 250 g/mol. The van der Waals surface area contributed by atoms with Crippen LogP contribution in [0.1, 0.15) is 31.2 Å². The predicted octanol–water partition coefficient (Wildman–Crippen LogP) is 3.55. The van der Waals surface area contributed by atoms with Crippen molar-refractivity contribution in [2.75, 3.05) is 13.1 Å². The molecule has 0 saturated heterocycles. The molecular formula is C13H18BrN. The summed E-state index contributed by atoms with van der Waals surface area (Å²) in [5.74, 6) is 1.63. The second-order valence-corrected chi connectivity index (χ2v) is 5.22. The molecule has 1 nitrogen and oxygen atoms in total. The topological polar surface area (TPSA) is 12.0 Å². The molecule has 1 aromatic carbocycles. The van der Waals surface area contributed by atoms with Crippen molar-refractivity contribution in [1.29, 1.82) is 0 Å². The van der Waals surface area contributed by atoms with E-state index in [2.05, 4.69) is 52.4 Å². The summed E-state index contributed by atoms with van der Waals surface area (Å²) < 4.78 is 1.20. The van der Waals surface area contributed by atoms with Gasteiger partial charge in [0.05, 0.1) is 0 Å². The average Bonchev–Trinajstić information content (AvgIpc) is 3.03. The number of likely N-dealkylation sites (N-methyl/N-ethyl adjacent to an activating group) is 1. The molecule has 15 heavy (non-hydrogen) atoms. The van der Waals surface area contributed by atoms with Crippen LogP contribution in [0.4, 0.5) is 0 Å². The average molecular weight is 268 g/mol. The zero-order valence-corrected chi connectivity index (χ0v) is 10.8. The van der Waals surface area contributed by atoms with Gasteiger partial charge in [-0.15, -0.1) is 0 Å². The maximum absolute atomic E-state index is 3.55.